The fourth-order valence-corrected chi connectivity index (χ4v) is 1.14. The van der Waals surface area contributed by atoms with Crippen LogP contribution in [0.3, 0.4) is 0 Å². The Balaban J connectivity index is 2.28. The summed E-state index contributed by atoms with van der Waals surface area (Å²) in [6.07, 6.45) is 0.874. The van der Waals surface area contributed by atoms with E-state index < -0.39 is 0 Å². The lowest BCUT2D eigenvalue weighted by molar-refractivity contribution is -0.125. The van der Waals surface area contributed by atoms with Gasteiger partial charge in [0.15, 0.2) is 0 Å². The smallest absolute Gasteiger partial charge is 0.225 e. The molecule has 0 aromatic heterocycles. The first kappa shape index (κ1) is 8.53. The van der Waals surface area contributed by atoms with E-state index in [1.54, 1.807) is 0 Å². The lowest BCUT2D eigenvalue weighted by atomic mass is 10.1. The number of hydrogen-bond acceptors (Lipinski definition) is 2. The first-order valence-corrected chi connectivity index (χ1v) is 4.08. The quantitative estimate of drug-likeness (QED) is 0.635. The number of carbonyl (C=O) groups excluding carboxylic acids is 1. The second kappa shape index (κ2) is 3.72. The summed E-state index contributed by atoms with van der Waals surface area (Å²) in [5, 5.41) is 2.87. The van der Waals surface area contributed by atoms with Gasteiger partial charge >= 0.3 is 0 Å². The standard InChI is InChI=1S/C8H15NO2/c1-6(2)9-8(10)7-3-4-11-5-7/h6-7H,3-5H2,1-2H3,(H,9,10)/t7-/m1/s1. The normalized spacial score (nSPS) is 24.1. The number of carbonyl (C=O) groups is 1. The Kier molecular flexibility index (Phi) is 2.88. The van der Waals surface area contributed by atoms with E-state index in [4.69, 9.17) is 4.74 Å². The lowest BCUT2D eigenvalue weighted by Gasteiger charge is -2.11. The molecule has 1 aliphatic rings. The molecule has 1 heterocycles. The molecule has 1 fully saturated rings. The van der Waals surface area contributed by atoms with Gasteiger partial charge in [0, 0.05) is 12.6 Å². The van der Waals surface area contributed by atoms with E-state index in [0.29, 0.717) is 6.61 Å². The van der Waals surface area contributed by atoms with Crippen LogP contribution in [0.4, 0.5) is 0 Å². The van der Waals surface area contributed by atoms with Gasteiger partial charge in [-0.1, -0.05) is 0 Å². The molecule has 0 spiro atoms. The molecule has 1 aliphatic heterocycles. The molecule has 1 saturated heterocycles. The van der Waals surface area contributed by atoms with Crippen molar-refractivity contribution in [1.29, 1.82) is 0 Å². The van der Waals surface area contributed by atoms with Gasteiger partial charge in [0.1, 0.15) is 0 Å². The fraction of sp³-hybridized carbons (Fsp3) is 0.875. The Bertz CT molecular complexity index is 139. The molecule has 1 rings (SSSR count). The summed E-state index contributed by atoms with van der Waals surface area (Å²) in [6, 6.07) is 0.239. The molecule has 64 valence electrons. The summed E-state index contributed by atoms with van der Waals surface area (Å²) in [4.78, 5) is 11.3. The fourth-order valence-electron chi connectivity index (χ4n) is 1.14. The molecule has 1 amide bonds. The maximum Gasteiger partial charge on any atom is 0.225 e. The Morgan fingerprint density at radius 2 is 2.36 bits per heavy atom. The largest absolute Gasteiger partial charge is 0.381 e. The van der Waals surface area contributed by atoms with Gasteiger partial charge in [-0.15, -0.1) is 0 Å². The van der Waals surface area contributed by atoms with Gasteiger partial charge in [-0.05, 0) is 20.3 Å². The van der Waals surface area contributed by atoms with E-state index in [1.807, 2.05) is 13.8 Å². The molecule has 0 aromatic carbocycles. The van der Waals surface area contributed by atoms with Crippen molar-refractivity contribution in [3.8, 4) is 0 Å². The summed E-state index contributed by atoms with van der Waals surface area (Å²) in [7, 11) is 0. The van der Waals surface area contributed by atoms with Crippen LogP contribution in [0.1, 0.15) is 20.3 Å². The zero-order chi connectivity index (χ0) is 8.27. The van der Waals surface area contributed by atoms with Crippen LogP contribution < -0.4 is 5.32 Å². The number of amides is 1. The zero-order valence-electron chi connectivity index (χ0n) is 7.09. The molecule has 3 heteroatoms. The summed E-state index contributed by atoms with van der Waals surface area (Å²) >= 11 is 0. The summed E-state index contributed by atoms with van der Waals surface area (Å²) < 4.78 is 5.10. The third-order valence-corrected chi connectivity index (χ3v) is 1.73. The summed E-state index contributed by atoms with van der Waals surface area (Å²) in [6.45, 7) is 5.26. The maximum absolute atomic E-state index is 11.3. The van der Waals surface area contributed by atoms with Crippen LogP contribution in [0.2, 0.25) is 0 Å². The molecule has 11 heavy (non-hydrogen) atoms. The molecule has 0 unspecified atom stereocenters. The van der Waals surface area contributed by atoms with Crippen molar-refractivity contribution < 1.29 is 9.53 Å². The van der Waals surface area contributed by atoms with Crippen molar-refractivity contribution in [3.63, 3.8) is 0 Å². The van der Waals surface area contributed by atoms with Crippen molar-refractivity contribution in [2.45, 2.75) is 26.3 Å². The minimum Gasteiger partial charge on any atom is -0.381 e. The Morgan fingerprint density at radius 1 is 1.64 bits per heavy atom. The first-order chi connectivity index (χ1) is 5.20. The van der Waals surface area contributed by atoms with Crippen LogP contribution in [0, 0.1) is 5.92 Å². The van der Waals surface area contributed by atoms with Gasteiger partial charge in [-0.3, -0.25) is 4.79 Å². The molecule has 0 saturated carbocycles. The summed E-state index contributed by atoms with van der Waals surface area (Å²) in [5.74, 6) is 0.231. The predicted molar refractivity (Wildman–Crippen MR) is 42.2 cm³/mol. The van der Waals surface area contributed by atoms with Gasteiger partial charge in [-0.2, -0.15) is 0 Å². The molecule has 0 aliphatic carbocycles. The van der Waals surface area contributed by atoms with E-state index in [9.17, 15) is 4.79 Å². The van der Waals surface area contributed by atoms with E-state index >= 15 is 0 Å². The highest BCUT2D eigenvalue weighted by atomic mass is 16.5. The third kappa shape index (κ3) is 2.50. The molecule has 0 aromatic rings. The Morgan fingerprint density at radius 3 is 2.82 bits per heavy atom. The van der Waals surface area contributed by atoms with E-state index in [0.717, 1.165) is 13.0 Å². The van der Waals surface area contributed by atoms with Crippen molar-refractivity contribution in [3.05, 3.63) is 0 Å². The number of nitrogens with one attached hydrogen (secondary N) is 1. The lowest BCUT2D eigenvalue weighted by Crippen LogP contribution is -2.35. The second-order valence-corrected chi connectivity index (χ2v) is 3.22. The van der Waals surface area contributed by atoms with Gasteiger partial charge < -0.3 is 10.1 Å². The van der Waals surface area contributed by atoms with Crippen LogP contribution in [0.15, 0.2) is 0 Å². The average Bonchev–Trinajstić information content (AvgIpc) is 2.35. The molecule has 1 atom stereocenters. The number of hydrogen-bond donors (Lipinski definition) is 1. The van der Waals surface area contributed by atoms with E-state index in [-0.39, 0.29) is 17.9 Å². The molecule has 3 nitrogen and oxygen atoms in total. The van der Waals surface area contributed by atoms with Crippen molar-refractivity contribution in [1.82, 2.24) is 5.32 Å². The zero-order valence-corrected chi connectivity index (χ0v) is 7.09. The topological polar surface area (TPSA) is 38.3 Å². The number of ether oxygens (including phenoxy) is 1. The minimum absolute atomic E-state index is 0.0948. The van der Waals surface area contributed by atoms with Gasteiger partial charge in [0.05, 0.1) is 12.5 Å². The Labute approximate surface area is 67.1 Å². The van der Waals surface area contributed by atoms with Crippen LogP contribution in [-0.2, 0) is 9.53 Å². The van der Waals surface area contributed by atoms with Crippen LogP contribution in [0.25, 0.3) is 0 Å². The van der Waals surface area contributed by atoms with Crippen molar-refractivity contribution in [2.75, 3.05) is 13.2 Å². The third-order valence-electron chi connectivity index (χ3n) is 1.73. The second-order valence-electron chi connectivity index (χ2n) is 3.22. The molecule has 0 bridgehead atoms. The molecular formula is C8H15NO2. The monoisotopic (exact) mass is 157 g/mol. The van der Waals surface area contributed by atoms with E-state index in [1.165, 1.54) is 0 Å². The number of rotatable bonds is 2. The molecule has 0 radical (unpaired) electrons. The van der Waals surface area contributed by atoms with Crippen LogP contribution >= 0.6 is 0 Å². The van der Waals surface area contributed by atoms with Crippen LogP contribution in [-0.4, -0.2) is 25.2 Å². The SMILES string of the molecule is CC(C)NC(=O)[C@@H]1CCOC1. The minimum atomic E-state index is 0.0948. The van der Waals surface area contributed by atoms with E-state index in [2.05, 4.69) is 5.32 Å². The highest BCUT2D eigenvalue weighted by molar-refractivity contribution is 5.79. The Hall–Kier alpha value is -0.570. The van der Waals surface area contributed by atoms with Crippen molar-refractivity contribution >= 4 is 5.91 Å². The summed E-state index contributed by atoms with van der Waals surface area (Å²) in [5.41, 5.74) is 0. The van der Waals surface area contributed by atoms with Crippen LogP contribution in [0.5, 0.6) is 0 Å². The highest BCUT2D eigenvalue weighted by Gasteiger charge is 2.23. The molecule has 1 N–H and O–H groups in total. The first-order valence-electron chi connectivity index (χ1n) is 4.08. The average molecular weight is 157 g/mol. The van der Waals surface area contributed by atoms with Gasteiger partial charge in [0.25, 0.3) is 0 Å². The van der Waals surface area contributed by atoms with Crippen molar-refractivity contribution in [2.24, 2.45) is 5.92 Å². The molecular weight excluding hydrogens is 142 g/mol. The maximum atomic E-state index is 11.3. The predicted octanol–water partition coefficient (Wildman–Crippen LogP) is 0.547. The highest BCUT2D eigenvalue weighted by Crippen LogP contribution is 2.11. The van der Waals surface area contributed by atoms with Gasteiger partial charge in [0.2, 0.25) is 5.91 Å². The van der Waals surface area contributed by atoms with Gasteiger partial charge in [-0.25, -0.2) is 0 Å².